The lowest BCUT2D eigenvalue weighted by Crippen LogP contribution is -2.46. The second-order valence-electron chi connectivity index (χ2n) is 12.3. The molecule has 1 aliphatic rings. The number of anilines is 2. The molecular weight excluding hydrogens is 620 g/mol. The van der Waals surface area contributed by atoms with Gasteiger partial charge in [-0.05, 0) is 46.5 Å². The van der Waals surface area contributed by atoms with Crippen LogP contribution in [0.4, 0.5) is 11.4 Å². The number of piperazine rings is 1. The van der Waals surface area contributed by atoms with Crippen LogP contribution < -0.4 is 28.7 Å². The number of rotatable bonds is 14. The molecule has 1 fully saturated rings. The highest BCUT2D eigenvalue weighted by Gasteiger charge is 2.24. The minimum atomic E-state index is 0.496. The Morgan fingerprint density at radius 2 is 0.640 bits per heavy atom. The van der Waals surface area contributed by atoms with Gasteiger partial charge in [-0.3, -0.25) is 0 Å². The van der Waals surface area contributed by atoms with Gasteiger partial charge in [-0.1, -0.05) is 121 Å². The van der Waals surface area contributed by atoms with E-state index in [2.05, 4.69) is 70.5 Å². The summed E-state index contributed by atoms with van der Waals surface area (Å²) >= 11 is 0. The molecule has 1 heterocycles. The van der Waals surface area contributed by atoms with Crippen molar-refractivity contribution in [2.75, 3.05) is 36.0 Å². The average molecular weight is 663 g/mol. The fourth-order valence-electron chi connectivity index (χ4n) is 6.05. The molecule has 0 amide bonds. The lowest BCUT2D eigenvalue weighted by molar-refractivity contribution is 0.296. The van der Waals surface area contributed by atoms with Crippen LogP contribution in [0.1, 0.15) is 22.3 Å². The van der Waals surface area contributed by atoms with Crippen molar-refractivity contribution in [3.63, 3.8) is 0 Å². The summed E-state index contributed by atoms with van der Waals surface area (Å²) in [4.78, 5) is 4.79. The maximum Gasteiger partial charge on any atom is 0.143 e. The van der Waals surface area contributed by atoms with Crippen molar-refractivity contribution in [1.29, 1.82) is 0 Å². The molecule has 0 aliphatic carbocycles. The number of benzene rings is 6. The van der Waals surface area contributed by atoms with Gasteiger partial charge in [0.1, 0.15) is 49.4 Å². The van der Waals surface area contributed by atoms with E-state index in [1.54, 1.807) is 0 Å². The normalized spacial score (nSPS) is 12.7. The molecule has 6 aromatic rings. The van der Waals surface area contributed by atoms with Crippen LogP contribution in [-0.4, -0.2) is 26.2 Å². The molecule has 50 heavy (non-hydrogen) atoms. The molecule has 0 N–H and O–H groups in total. The van der Waals surface area contributed by atoms with Crippen LogP contribution in [0, 0.1) is 0 Å². The molecule has 6 aromatic carbocycles. The van der Waals surface area contributed by atoms with Gasteiger partial charge in [0.05, 0.1) is 11.4 Å². The second-order valence-corrected chi connectivity index (χ2v) is 12.3. The van der Waals surface area contributed by atoms with Crippen molar-refractivity contribution in [1.82, 2.24) is 0 Å². The Bertz CT molecular complexity index is 1770. The van der Waals surface area contributed by atoms with Crippen LogP contribution >= 0.6 is 0 Å². The quantitative estimate of drug-likeness (QED) is 0.116. The van der Waals surface area contributed by atoms with E-state index in [9.17, 15) is 0 Å². The first-order valence-corrected chi connectivity index (χ1v) is 17.2. The Morgan fingerprint density at radius 3 is 0.960 bits per heavy atom. The molecule has 252 valence electrons. The predicted molar refractivity (Wildman–Crippen MR) is 200 cm³/mol. The molecule has 0 aromatic heterocycles. The van der Waals surface area contributed by atoms with Crippen molar-refractivity contribution >= 4 is 11.4 Å². The standard InChI is InChI=1S/C44H42N2O4/c1-5-13-35(14-6-1)31-47-39-21-23-43(49-33-37-17-9-3-10-18-37)41(29-39)45-25-27-46(28-26-45)42-30-40(48-32-36-15-7-2-8-16-36)22-24-44(42)50-34-38-19-11-4-12-20-38/h1-24,29-30H,25-28,31-34H2. The van der Waals surface area contributed by atoms with Crippen LogP contribution in [0.15, 0.2) is 158 Å². The molecule has 0 radical (unpaired) electrons. The Kier molecular flexibility index (Phi) is 10.8. The minimum Gasteiger partial charge on any atom is -0.489 e. The van der Waals surface area contributed by atoms with E-state index >= 15 is 0 Å². The van der Waals surface area contributed by atoms with Crippen LogP contribution in [0.25, 0.3) is 0 Å². The fraction of sp³-hybridized carbons (Fsp3) is 0.182. The molecule has 0 unspecified atom stereocenters. The topological polar surface area (TPSA) is 43.4 Å². The van der Waals surface area contributed by atoms with E-state index in [1.807, 2.05) is 97.1 Å². The van der Waals surface area contributed by atoms with Crippen molar-refractivity contribution in [2.24, 2.45) is 0 Å². The van der Waals surface area contributed by atoms with E-state index in [1.165, 1.54) is 0 Å². The minimum absolute atomic E-state index is 0.496. The Morgan fingerprint density at radius 1 is 0.340 bits per heavy atom. The first-order valence-electron chi connectivity index (χ1n) is 17.2. The summed E-state index contributed by atoms with van der Waals surface area (Å²) < 4.78 is 25.4. The van der Waals surface area contributed by atoms with E-state index < -0.39 is 0 Å². The summed E-state index contributed by atoms with van der Waals surface area (Å²) in [6.45, 7) is 5.22. The van der Waals surface area contributed by atoms with Crippen molar-refractivity contribution in [2.45, 2.75) is 26.4 Å². The summed E-state index contributed by atoms with van der Waals surface area (Å²) in [5.74, 6) is 3.33. The highest BCUT2D eigenvalue weighted by atomic mass is 16.5. The first kappa shape index (κ1) is 32.7. The number of nitrogens with zero attached hydrogens (tertiary/aromatic N) is 2. The third-order valence-electron chi connectivity index (χ3n) is 8.79. The number of hydrogen-bond donors (Lipinski definition) is 0. The number of ether oxygens (including phenoxy) is 4. The Hall–Kier alpha value is -5.88. The average Bonchev–Trinajstić information content (AvgIpc) is 3.19. The molecule has 0 bridgehead atoms. The third kappa shape index (κ3) is 8.77. The van der Waals surface area contributed by atoms with Gasteiger partial charge in [0.2, 0.25) is 0 Å². The van der Waals surface area contributed by atoms with Gasteiger partial charge in [-0.25, -0.2) is 0 Å². The molecule has 0 spiro atoms. The molecule has 6 nitrogen and oxygen atoms in total. The summed E-state index contributed by atoms with van der Waals surface area (Å²) in [7, 11) is 0. The Balaban J connectivity index is 1.09. The zero-order valence-corrected chi connectivity index (χ0v) is 28.2. The lowest BCUT2D eigenvalue weighted by atomic mass is 10.1. The van der Waals surface area contributed by atoms with Crippen LogP contribution in [0.3, 0.4) is 0 Å². The largest absolute Gasteiger partial charge is 0.489 e. The van der Waals surface area contributed by atoms with E-state index in [4.69, 9.17) is 18.9 Å². The van der Waals surface area contributed by atoms with E-state index in [0.29, 0.717) is 26.4 Å². The van der Waals surface area contributed by atoms with Crippen molar-refractivity contribution in [3.8, 4) is 23.0 Å². The molecule has 7 rings (SSSR count). The van der Waals surface area contributed by atoms with E-state index in [-0.39, 0.29) is 0 Å². The second kappa shape index (κ2) is 16.5. The van der Waals surface area contributed by atoms with Gasteiger partial charge < -0.3 is 28.7 Å². The monoisotopic (exact) mass is 662 g/mol. The van der Waals surface area contributed by atoms with Gasteiger partial charge in [-0.15, -0.1) is 0 Å². The molecule has 0 saturated carbocycles. The SMILES string of the molecule is c1ccc(COc2ccc(OCc3ccccc3)c(N3CCN(c4cc(OCc5ccccc5)ccc4OCc4ccccc4)CC3)c2)cc1. The van der Waals surface area contributed by atoms with E-state index in [0.717, 1.165) is 82.8 Å². The highest BCUT2D eigenvalue weighted by Crippen LogP contribution is 2.37. The summed E-state index contributed by atoms with van der Waals surface area (Å²) in [5, 5.41) is 0. The summed E-state index contributed by atoms with van der Waals surface area (Å²) in [5.41, 5.74) is 6.59. The molecule has 1 saturated heterocycles. The predicted octanol–water partition coefficient (Wildman–Crippen LogP) is 9.33. The maximum absolute atomic E-state index is 6.43. The molecular formula is C44H42N2O4. The Labute approximate surface area is 295 Å². The smallest absolute Gasteiger partial charge is 0.143 e. The van der Waals surface area contributed by atoms with Gasteiger partial charge in [0, 0.05) is 38.3 Å². The first-order chi connectivity index (χ1) is 24.8. The van der Waals surface area contributed by atoms with Crippen molar-refractivity contribution in [3.05, 3.63) is 180 Å². The molecule has 1 aliphatic heterocycles. The maximum atomic E-state index is 6.43. The highest BCUT2D eigenvalue weighted by molar-refractivity contribution is 5.65. The zero-order valence-electron chi connectivity index (χ0n) is 28.2. The van der Waals surface area contributed by atoms with Crippen molar-refractivity contribution < 1.29 is 18.9 Å². The van der Waals surface area contributed by atoms with Crippen LogP contribution in [0.2, 0.25) is 0 Å². The number of hydrogen-bond acceptors (Lipinski definition) is 6. The summed E-state index contributed by atoms with van der Waals surface area (Å²) in [6, 6.07) is 53.4. The van der Waals surface area contributed by atoms with Gasteiger partial charge in [-0.2, -0.15) is 0 Å². The fourth-order valence-corrected chi connectivity index (χ4v) is 6.05. The zero-order chi connectivity index (χ0) is 33.8. The lowest BCUT2D eigenvalue weighted by Gasteiger charge is -2.38. The van der Waals surface area contributed by atoms with Crippen LogP contribution in [-0.2, 0) is 26.4 Å². The van der Waals surface area contributed by atoms with Crippen LogP contribution in [0.5, 0.6) is 23.0 Å². The molecule has 0 atom stereocenters. The summed E-state index contributed by atoms with van der Waals surface area (Å²) in [6.07, 6.45) is 0. The van der Waals surface area contributed by atoms with Gasteiger partial charge in [0.15, 0.2) is 0 Å². The third-order valence-corrected chi connectivity index (χ3v) is 8.79. The van der Waals surface area contributed by atoms with Gasteiger partial charge >= 0.3 is 0 Å². The molecule has 6 heteroatoms. The van der Waals surface area contributed by atoms with Gasteiger partial charge in [0.25, 0.3) is 0 Å².